The molecular weight excluding hydrogens is 398 g/mol. The second-order valence-electron chi connectivity index (χ2n) is 6.32. The largest absolute Gasteiger partial charge is 0.497 e. The van der Waals surface area contributed by atoms with Gasteiger partial charge in [0.15, 0.2) is 0 Å². The van der Waals surface area contributed by atoms with E-state index in [4.69, 9.17) is 4.74 Å². The highest BCUT2D eigenvalue weighted by Crippen LogP contribution is 2.24. The van der Waals surface area contributed by atoms with E-state index in [-0.39, 0.29) is 11.6 Å². The molecule has 0 radical (unpaired) electrons. The maximum absolute atomic E-state index is 12.5. The number of nitrogens with zero attached hydrogens (tertiary/aromatic N) is 3. The normalized spacial score (nSPS) is 10.4. The van der Waals surface area contributed by atoms with E-state index in [0.717, 1.165) is 27.7 Å². The Morgan fingerprint density at radius 2 is 1.87 bits per heavy atom. The van der Waals surface area contributed by atoms with Crippen LogP contribution in [0.15, 0.2) is 72.4 Å². The SMILES string of the molecule is COc1ccc(-c2csc(CNC(=O)c3cc(Nc4ccccc4)ncn3)n2)cc1. The molecule has 0 aliphatic heterocycles. The van der Waals surface area contributed by atoms with Crippen molar-refractivity contribution in [2.24, 2.45) is 0 Å². The molecule has 2 N–H and O–H groups in total. The van der Waals surface area contributed by atoms with Gasteiger partial charge in [-0.2, -0.15) is 0 Å². The third-order valence-corrected chi connectivity index (χ3v) is 5.13. The van der Waals surface area contributed by atoms with Crippen LogP contribution in [0.2, 0.25) is 0 Å². The second-order valence-corrected chi connectivity index (χ2v) is 7.26. The maximum atomic E-state index is 12.5. The molecular formula is C22H19N5O2S. The molecule has 1 amide bonds. The van der Waals surface area contributed by atoms with Crippen molar-refractivity contribution in [2.45, 2.75) is 6.54 Å². The fraction of sp³-hybridized carbons (Fsp3) is 0.0909. The number of ether oxygens (including phenoxy) is 1. The second kappa shape index (κ2) is 9.15. The summed E-state index contributed by atoms with van der Waals surface area (Å²) in [6.45, 7) is 0.325. The minimum atomic E-state index is -0.283. The molecule has 7 nitrogen and oxygen atoms in total. The van der Waals surface area contributed by atoms with Crippen LogP contribution >= 0.6 is 11.3 Å². The van der Waals surface area contributed by atoms with Gasteiger partial charge in [0, 0.05) is 22.7 Å². The summed E-state index contributed by atoms with van der Waals surface area (Å²) in [5, 5.41) is 8.79. The van der Waals surface area contributed by atoms with E-state index in [0.29, 0.717) is 12.4 Å². The van der Waals surface area contributed by atoms with Crippen molar-refractivity contribution in [1.29, 1.82) is 0 Å². The van der Waals surface area contributed by atoms with Crippen LogP contribution < -0.4 is 15.4 Å². The molecule has 0 spiro atoms. The Morgan fingerprint density at radius 1 is 1.07 bits per heavy atom. The number of carbonyl (C=O) groups excluding carboxylic acids is 1. The molecule has 0 saturated heterocycles. The van der Waals surface area contributed by atoms with Gasteiger partial charge in [0.05, 0.1) is 19.3 Å². The standard InChI is InChI=1S/C22H19N5O2S/c1-29-17-9-7-15(8-10-17)19-13-30-21(27-19)12-23-22(28)18-11-20(25-14-24-18)26-16-5-3-2-4-6-16/h2-11,13-14H,12H2,1H3,(H,23,28)(H,24,25,26). The topological polar surface area (TPSA) is 89.0 Å². The average molecular weight is 417 g/mol. The number of anilines is 2. The van der Waals surface area contributed by atoms with Gasteiger partial charge in [-0.15, -0.1) is 11.3 Å². The Bertz CT molecular complexity index is 1130. The van der Waals surface area contributed by atoms with E-state index in [1.807, 2.05) is 60.0 Å². The first-order chi connectivity index (χ1) is 14.7. The highest BCUT2D eigenvalue weighted by molar-refractivity contribution is 7.09. The number of para-hydroxylation sites is 1. The Balaban J connectivity index is 1.38. The number of thiazole rings is 1. The molecule has 4 rings (SSSR count). The van der Waals surface area contributed by atoms with Crippen LogP contribution in [0.25, 0.3) is 11.3 Å². The lowest BCUT2D eigenvalue weighted by Gasteiger charge is -2.07. The van der Waals surface area contributed by atoms with E-state index in [1.54, 1.807) is 13.2 Å². The number of aromatic nitrogens is 3. The summed E-state index contributed by atoms with van der Waals surface area (Å²) in [5.74, 6) is 1.07. The quantitative estimate of drug-likeness (QED) is 0.467. The van der Waals surface area contributed by atoms with E-state index in [9.17, 15) is 4.79 Å². The highest BCUT2D eigenvalue weighted by Gasteiger charge is 2.11. The minimum absolute atomic E-state index is 0.283. The molecule has 2 aromatic heterocycles. The first-order valence-electron chi connectivity index (χ1n) is 9.22. The van der Waals surface area contributed by atoms with Gasteiger partial charge in [-0.1, -0.05) is 18.2 Å². The lowest BCUT2D eigenvalue weighted by atomic mass is 10.2. The summed E-state index contributed by atoms with van der Waals surface area (Å²) in [7, 11) is 1.64. The number of benzene rings is 2. The van der Waals surface area contributed by atoms with Crippen molar-refractivity contribution in [3.63, 3.8) is 0 Å². The summed E-state index contributed by atoms with van der Waals surface area (Å²) in [4.78, 5) is 25.3. The number of carbonyl (C=O) groups is 1. The van der Waals surface area contributed by atoms with Crippen LogP contribution in [0.4, 0.5) is 11.5 Å². The summed E-state index contributed by atoms with van der Waals surface area (Å²) in [5.41, 5.74) is 3.03. The van der Waals surface area contributed by atoms with Crippen LogP contribution in [0, 0.1) is 0 Å². The van der Waals surface area contributed by atoms with Gasteiger partial charge < -0.3 is 15.4 Å². The molecule has 4 aromatic rings. The zero-order chi connectivity index (χ0) is 20.8. The number of amides is 1. The van der Waals surface area contributed by atoms with E-state index >= 15 is 0 Å². The zero-order valence-corrected chi connectivity index (χ0v) is 17.0. The average Bonchev–Trinajstić information content (AvgIpc) is 3.27. The number of methoxy groups -OCH3 is 1. The van der Waals surface area contributed by atoms with E-state index in [2.05, 4.69) is 25.6 Å². The third-order valence-electron chi connectivity index (χ3n) is 4.28. The molecule has 0 aliphatic carbocycles. The van der Waals surface area contributed by atoms with Gasteiger partial charge >= 0.3 is 0 Å². The Labute approximate surface area is 177 Å². The van der Waals surface area contributed by atoms with Gasteiger partial charge in [0.1, 0.15) is 28.6 Å². The summed E-state index contributed by atoms with van der Waals surface area (Å²) in [6, 6.07) is 18.9. The van der Waals surface area contributed by atoms with Crippen molar-refractivity contribution in [2.75, 3.05) is 12.4 Å². The van der Waals surface area contributed by atoms with Crippen LogP contribution in [0.5, 0.6) is 5.75 Å². The molecule has 0 unspecified atom stereocenters. The zero-order valence-electron chi connectivity index (χ0n) is 16.2. The molecule has 0 fully saturated rings. The van der Waals surface area contributed by atoms with Crippen molar-refractivity contribution < 1.29 is 9.53 Å². The van der Waals surface area contributed by atoms with Crippen LogP contribution in [-0.2, 0) is 6.54 Å². The van der Waals surface area contributed by atoms with Gasteiger partial charge in [0.2, 0.25) is 0 Å². The molecule has 0 atom stereocenters. The minimum Gasteiger partial charge on any atom is -0.497 e. The number of hydrogen-bond acceptors (Lipinski definition) is 7. The van der Waals surface area contributed by atoms with Crippen molar-refractivity contribution >= 4 is 28.7 Å². The van der Waals surface area contributed by atoms with Gasteiger partial charge in [-0.05, 0) is 36.4 Å². The molecule has 2 aromatic carbocycles. The van der Waals surface area contributed by atoms with Crippen molar-refractivity contribution in [3.8, 4) is 17.0 Å². The summed E-state index contributed by atoms with van der Waals surface area (Å²) < 4.78 is 5.18. The van der Waals surface area contributed by atoms with E-state index in [1.165, 1.54) is 17.7 Å². The Kier molecular flexibility index (Phi) is 5.95. The fourth-order valence-corrected chi connectivity index (χ4v) is 3.50. The van der Waals surface area contributed by atoms with Gasteiger partial charge in [-0.25, -0.2) is 15.0 Å². The van der Waals surface area contributed by atoms with Crippen LogP contribution in [0.3, 0.4) is 0 Å². The van der Waals surface area contributed by atoms with Crippen LogP contribution in [0.1, 0.15) is 15.5 Å². The molecule has 0 saturated carbocycles. The highest BCUT2D eigenvalue weighted by atomic mass is 32.1. The first kappa shape index (κ1) is 19.5. The van der Waals surface area contributed by atoms with Gasteiger partial charge in [-0.3, -0.25) is 4.79 Å². The van der Waals surface area contributed by atoms with Crippen molar-refractivity contribution in [1.82, 2.24) is 20.3 Å². The fourth-order valence-electron chi connectivity index (χ4n) is 2.75. The molecule has 150 valence electrons. The van der Waals surface area contributed by atoms with Gasteiger partial charge in [0.25, 0.3) is 5.91 Å². The predicted octanol–water partition coefficient (Wildman–Crippen LogP) is 4.28. The monoisotopic (exact) mass is 417 g/mol. The smallest absolute Gasteiger partial charge is 0.270 e. The summed E-state index contributed by atoms with van der Waals surface area (Å²) >= 11 is 1.49. The number of hydrogen-bond donors (Lipinski definition) is 2. The Hall–Kier alpha value is -3.78. The molecule has 0 bridgehead atoms. The molecule has 0 aliphatic rings. The van der Waals surface area contributed by atoms with Crippen LogP contribution in [-0.4, -0.2) is 28.0 Å². The summed E-state index contributed by atoms with van der Waals surface area (Å²) in [6.07, 6.45) is 1.37. The molecule has 8 heteroatoms. The third kappa shape index (κ3) is 4.79. The van der Waals surface area contributed by atoms with E-state index < -0.39 is 0 Å². The lowest BCUT2D eigenvalue weighted by molar-refractivity contribution is 0.0945. The molecule has 2 heterocycles. The number of rotatable bonds is 7. The lowest BCUT2D eigenvalue weighted by Crippen LogP contribution is -2.24. The number of nitrogens with one attached hydrogen (secondary N) is 2. The molecule has 30 heavy (non-hydrogen) atoms. The maximum Gasteiger partial charge on any atom is 0.270 e. The first-order valence-corrected chi connectivity index (χ1v) is 10.1. The van der Waals surface area contributed by atoms with Crippen molar-refractivity contribution in [3.05, 3.63) is 83.1 Å². The predicted molar refractivity (Wildman–Crippen MR) is 117 cm³/mol. The Morgan fingerprint density at radius 3 is 2.63 bits per heavy atom.